The van der Waals surface area contributed by atoms with Crippen LogP contribution in [-0.2, 0) is 4.74 Å². The standard InChI is InChI=1S/C18H13ClF2N2O2/c1-2-25-18(24)15-10-16(13-7-4-8-14(20)17(13)21)23(22-15)12-6-3-5-11(19)9-12/h3-10H,2H2,1H3. The molecule has 0 radical (unpaired) electrons. The highest BCUT2D eigenvalue weighted by molar-refractivity contribution is 6.30. The number of halogens is 3. The number of ether oxygens (including phenoxy) is 1. The van der Waals surface area contributed by atoms with E-state index < -0.39 is 17.6 Å². The second kappa shape index (κ2) is 7.03. The Morgan fingerprint density at radius 1 is 1.20 bits per heavy atom. The van der Waals surface area contributed by atoms with Gasteiger partial charge in [0, 0.05) is 10.6 Å². The summed E-state index contributed by atoms with van der Waals surface area (Å²) >= 11 is 6.00. The van der Waals surface area contributed by atoms with Crippen LogP contribution in [0.3, 0.4) is 0 Å². The molecular formula is C18H13ClF2N2O2. The quantitative estimate of drug-likeness (QED) is 0.635. The number of carbonyl (C=O) groups excluding carboxylic acids is 1. The summed E-state index contributed by atoms with van der Waals surface area (Å²) in [7, 11) is 0. The fraction of sp³-hybridized carbons (Fsp3) is 0.111. The van der Waals surface area contributed by atoms with E-state index in [2.05, 4.69) is 5.10 Å². The Bertz CT molecular complexity index is 941. The van der Waals surface area contributed by atoms with E-state index in [0.29, 0.717) is 10.7 Å². The average Bonchev–Trinajstić information content (AvgIpc) is 3.03. The Morgan fingerprint density at radius 3 is 2.68 bits per heavy atom. The van der Waals surface area contributed by atoms with E-state index in [-0.39, 0.29) is 23.6 Å². The van der Waals surface area contributed by atoms with Crippen LogP contribution in [0.5, 0.6) is 0 Å². The van der Waals surface area contributed by atoms with E-state index in [9.17, 15) is 13.6 Å². The summed E-state index contributed by atoms with van der Waals surface area (Å²) in [5.41, 5.74) is 0.674. The van der Waals surface area contributed by atoms with Gasteiger partial charge in [-0.15, -0.1) is 0 Å². The minimum absolute atomic E-state index is 0.0134. The van der Waals surface area contributed by atoms with Gasteiger partial charge in [0.25, 0.3) is 0 Å². The summed E-state index contributed by atoms with van der Waals surface area (Å²) in [6, 6.07) is 11.8. The number of esters is 1. The van der Waals surface area contributed by atoms with Crippen LogP contribution in [0.4, 0.5) is 8.78 Å². The molecule has 2 aromatic carbocycles. The van der Waals surface area contributed by atoms with Crippen molar-refractivity contribution in [3.63, 3.8) is 0 Å². The molecule has 4 nitrogen and oxygen atoms in total. The molecule has 0 aliphatic carbocycles. The predicted octanol–water partition coefficient (Wildman–Crippen LogP) is 4.65. The number of hydrogen-bond acceptors (Lipinski definition) is 3. The molecule has 0 amide bonds. The zero-order chi connectivity index (χ0) is 18.0. The van der Waals surface area contributed by atoms with Gasteiger partial charge in [0.2, 0.25) is 0 Å². The minimum atomic E-state index is -1.03. The van der Waals surface area contributed by atoms with Gasteiger partial charge in [-0.1, -0.05) is 23.7 Å². The number of aromatic nitrogens is 2. The molecule has 3 rings (SSSR count). The summed E-state index contributed by atoms with van der Waals surface area (Å²) in [6.45, 7) is 1.84. The molecule has 3 aromatic rings. The van der Waals surface area contributed by atoms with E-state index in [1.54, 1.807) is 31.2 Å². The van der Waals surface area contributed by atoms with Crippen LogP contribution in [0, 0.1) is 11.6 Å². The van der Waals surface area contributed by atoms with Gasteiger partial charge in [-0.3, -0.25) is 0 Å². The van der Waals surface area contributed by atoms with Crippen molar-refractivity contribution in [2.45, 2.75) is 6.92 Å². The Labute approximate surface area is 147 Å². The SMILES string of the molecule is CCOC(=O)c1cc(-c2cccc(F)c2F)n(-c2cccc(Cl)c2)n1. The van der Waals surface area contributed by atoms with E-state index in [0.717, 1.165) is 6.07 Å². The maximum Gasteiger partial charge on any atom is 0.358 e. The molecule has 0 fully saturated rings. The molecule has 1 heterocycles. The fourth-order valence-electron chi connectivity index (χ4n) is 2.38. The molecule has 0 spiro atoms. The van der Waals surface area contributed by atoms with Crippen LogP contribution >= 0.6 is 11.6 Å². The lowest BCUT2D eigenvalue weighted by Gasteiger charge is -2.09. The van der Waals surface area contributed by atoms with Gasteiger partial charge in [-0.2, -0.15) is 5.10 Å². The zero-order valence-electron chi connectivity index (χ0n) is 13.2. The highest BCUT2D eigenvalue weighted by atomic mass is 35.5. The number of hydrogen-bond donors (Lipinski definition) is 0. The van der Waals surface area contributed by atoms with Crippen molar-refractivity contribution in [1.29, 1.82) is 0 Å². The molecule has 0 bridgehead atoms. The summed E-state index contributed by atoms with van der Waals surface area (Å²) in [6.07, 6.45) is 0. The molecule has 7 heteroatoms. The van der Waals surface area contributed by atoms with E-state index in [1.807, 2.05) is 0 Å². The molecular weight excluding hydrogens is 350 g/mol. The second-order valence-electron chi connectivity index (χ2n) is 5.13. The third kappa shape index (κ3) is 3.39. The Hall–Kier alpha value is -2.73. The van der Waals surface area contributed by atoms with Crippen LogP contribution in [0.25, 0.3) is 16.9 Å². The zero-order valence-corrected chi connectivity index (χ0v) is 13.9. The molecule has 128 valence electrons. The maximum atomic E-state index is 14.3. The van der Waals surface area contributed by atoms with Crippen molar-refractivity contribution >= 4 is 17.6 Å². The average molecular weight is 363 g/mol. The Kier molecular flexibility index (Phi) is 4.81. The summed E-state index contributed by atoms with van der Waals surface area (Å²) in [5, 5.41) is 4.62. The lowest BCUT2D eigenvalue weighted by atomic mass is 10.1. The van der Waals surface area contributed by atoms with Crippen LogP contribution in [0.2, 0.25) is 5.02 Å². The third-order valence-electron chi connectivity index (χ3n) is 3.47. The van der Waals surface area contributed by atoms with Crippen molar-refractivity contribution in [1.82, 2.24) is 9.78 Å². The topological polar surface area (TPSA) is 44.1 Å². The van der Waals surface area contributed by atoms with Crippen molar-refractivity contribution in [3.05, 3.63) is 70.9 Å². The van der Waals surface area contributed by atoms with Gasteiger partial charge in [-0.05, 0) is 43.3 Å². The fourth-order valence-corrected chi connectivity index (χ4v) is 2.57. The first-order valence-corrected chi connectivity index (χ1v) is 7.86. The molecule has 0 atom stereocenters. The first kappa shape index (κ1) is 17.1. The van der Waals surface area contributed by atoms with Gasteiger partial charge in [-0.25, -0.2) is 18.3 Å². The number of nitrogens with zero attached hydrogens (tertiary/aromatic N) is 2. The smallest absolute Gasteiger partial charge is 0.358 e. The lowest BCUT2D eigenvalue weighted by molar-refractivity contribution is 0.0519. The minimum Gasteiger partial charge on any atom is -0.461 e. The first-order chi connectivity index (χ1) is 12.0. The molecule has 0 saturated carbocycles. The van der Waals surface area contributed by atoms with Crippen molar-refractivity contribution < 1.29 is 18.3 Å². The highest BCUT2D eigenvalue weighted by Crippen LogP contribution is 2.28. The summed E-state index contributed by atoms with van der Waals surface area (Å²) in [5.74, 6) is -2.67. The number of carbonyl (C=O) groups is 1. The molecule has 1 aromatic heterocycles. The summed E-state index contributed by atoms with van der Waals surface area (Å²) < 4.78 is 34.2. The second-order valence-corrected chi connectivity index (χ2v) is 5.56. The van der Waals surface area contributed by atoms with Crippen molar-refractivity contribution in [2.24, 2.45) is 0 Å². The van der Waals surface area contributed by atoms with Gasteiger partial charge >= 0.3 is 5.97 Å². The highest BCUT2D eigenvalue weighted by Gasteiger charge is 2.21. The van der Waals surface area contributed by atoms with Crippen LogP contribution in [-0.4, -0.2) is 22.4 Å². The van der Waals surface area contributed by atoms with Gasteiger partial charge in [0.05, 0.1) is 18.0 Å². The van der Waals surface area contributed by atoms with Gasteiger partial charge < -0.3 is 4.74 Å². The maximum absolute atomic E-state index is 14.3. The third-order valence-corrected chi connectivity index (χ3v) is 3.71. The van der Waals surface area contributed by atoms with Gasteiger partial charge in [0.15, 0.2) is 17.3 Å². The van der Waals surface area contributed by atoms with E-state index in [1.165, 1.54) is 22.9 Å². The van der Waals surface area contributed by atoms with E-state index >= 15 is 0 Å². The van der Waals surface area contributed by atoms with E-state index in [4.69, 9.17) is 16.3 Å². The van der Waals surface area contributed by atoms with Crippen molar-refractivity contribution in [3.8, 4) is 16.9 Å². The normalized spacial score (nSPS) is 10.7. The van der Waals surface area contributed by atoms with Crippen LogP contribution in [0.15, 0.2) is 48.5 Å². The molecule has 0 aliphatic rings. The molecule has 25 heavy (non-hydrogen) atoms. The van der Waals surface area contributed by atoms with Crippen molar-refractivity contribution in [2.75, 3.05) is 6.61 Å². The number of rotatable bonds is 4. The number of benzene rings is 2. The predicted molar refractivity (Wildman–Crippen MR) is 89.9 cm³/mol. The molecule has 0 saturated heterocycles. The molecule has 0 aliphatic heterocycles. The van der Waals surface area contributed by atoms with Gasteiger partial charge in [0.1, 0.15) is 0 Å². The molecule has 0 N–H and O–H groups in total. The first-order valence-electron chi connectivity index (χ1n) is 7.48. The Balaban J connectivity index is 2.22. The lowest BCUT2D eigenvalue weighted by Crippen LogP contribution is -2.07. The summed E-state index contributed by atoms with van der Waals surface area (Å²) in [4.78, 5) is 12.0. The molecule has 0 unspecified atom stereocenters. The Morgan fingerprint density at radius 2 is 1.96 bits per heavy atom. The largest absolute Gasteiger partial charge is 0.461 e. The van der Waals surface area contributed by atoms with Crippen LogP contribution < -0.4 is 0 Å². The monoisotopic (exact) mass is 362 g/mol. The van der Waals surface area contributed by atoms with Crippen LogP contribution in [0.1, 0.15) is 17.4 Å².